The maximum Gasteiger partial charge on any atom is 0.416 e. The predicted molar refractivity (Wildman–Crippen MR) is 137 cm³/mol. The van der Waals surface area contributed by atoms with Crippen LogP contribution in [0.2, 0.25) is 0 Å². The molecule has 4 rings (SSSR count). The van der Waals surface area contributed by atoms with Gasteiger partial charge >= 0.3 is 6.18 Å². The van der Waals surface area contributed by atoms with Gasteiger partial charge in [-0.15, -0.1) is 0 Å². The molecule has 1 aliphatic heterocycles. The Bertz CT molecular complexity index is 1210. The van der Waals surface area contributed by atoms with E-state index in [1.807, 2.05) is 20.8 Å². The molecule has 7 heteroatoms. The molecular formula is C30H32F4N2O. The molecule has 0 spiro atoms. The van der Waals surface area contributed by atoms with Crippen molar-refractivity contribution in [2.45, 2.75) is 45.5 Å². The van der Waals surface area contributed by atoms with Crippen LogP contribution >= 0.6 is 0 Å². The summed E-state index contributed by atoms with van der Waals surface area (Å²) in [7, 11) is 0. The van der Waals surface area contributed by atoms with Crippen molar-refractivity contribution in [2.24, 2.45) is 5.92 Å². The quantitative estimate of drug-likeness (QED) is 0.321. The zero-order valence-corrected chi connectivity index (χ0v) is 21.3. The van der Waals surface area contributed by atoms with Crippen LogP contribution in [0.3, 0.4) is 0 Å². The molecule has 37 heavy (non-hydrogen) atoms. The lowest BCUT2D eigenvalue weighted by Gasteiger charge is -2.32. The lowest BCUT2D eigenvalue weighted by Crippen LogP contribution is -2.42. The van der Waals surface area contributed by atoms with Crippen LogP contribution in [0.25, 0.3) is 0 Å². The Morgan fingerprint density at radius 2 is 1.68 bits per heavy atom. The molecule has 0 saturated carbocycles. The van der Waals surface area contributed by atoms with E-state index >= 15 is 0 Å². The average Bonchev–Trinajstić information content (AvgIpc) is 3.25. The van der Waals surface area contributed by atoms with Gasteiger partial charge in [0.2, 0.25) is 0 Å². The zero-order valence-electron chi connectivity index (χ0n) is 21.3. The van der Waals surface area contributed by atoms with Gasteiger partial charge in [0, 0.05) is 43.7 Å². The molecule has 0 radical (unpaired) electrons. The fraction of sp³-hybridized carbons (Fsp3) is 0.367. The molecule has 0 aromatic heterocycles. The fourth-order valence-electron chi connectivity index (χ4n) is 5.09. The lowest BCUT2D eigenvalue weighted by atomic mass is 9.87. The first-order valence-corrected chi connectivity index (χ1v) is 12.5. The second-order valence-electron chi connectivity index (χ2n) is 10.2. The molecule has 1 amide bonds. The first-order chi connectivity index (χ1) is 17.5. The van der Waals surface area contributed by atoms with Gasteiger partial charge in [0.15, 0.2) is 0 Å². The standard InChI is InChI=1S/C30H32F4N2O/c1-20(2)36(29(37)23-11-13-27(31)14-12-23)18-25-17-35(16-22-9-7-21(3)8-10-22)19-28(25)24-5-4-6-26(15-24)30(32,33)34/h4-15,20,25,28H,16-19H2,1-3H3/t25-,28+/m0/s1. The molecule has 0 N–H and O–H groups in total. The number of hydrogen-bond donors (Lipinski definition) is 0. The molecule has 1 fully saturated rings. The summed E-state index contributed by atoms with van der Waals surface area (Å²) in [5.41, 5.74) is 2.65. The Kier molecular flexibility index (Phi) is 8.02. The van der Waals surface area contributed by atoms with Crippen molar-refractivity contribution >= 4 is 5.91 Å². The minimum Gasteiger partial charge on any atom is -0.336 e. The van der Waals surface area contributed by atoms with Gasteiger partial charge in [-0.3, -0.25) is 9.69 Å². The van der Waals surface area contributed by atoms with Crippen molar-refractivity contribution in [3.8, 4) is 0 Å². The van der Waals surface area contributed by atoms with Gasteiger partial charge in [0.1, 0.15) is 5.82 Å². The molecule has 1 saturated heterocycles. The van der Waals surface area contributed by atoms with Crippen LogP contribution in [0.15, 0.2) is 72.8 Å². The third-order valence-electron chi connectivity index (χ3n) is 7.09. The number of carbonyl (C=O) groups excluding carboxylic acids is 1. The third-order valence-corrected chi connectivity index (χ3v) is 7.09. The van der Waals surface area contributed by atoms with E-state index in [0.717, 1.165) is 17.2 Å². The number of aryl methyl sites for hydroxylation is 1. The largest absolute Gasteiger partial charge is 0.416 e. The van der Waals surface area contributed by atoms with Crippen LogP contribution < -0.4 is 0 Å². The van der Waals surface area contributed by atoms with Gasteiger partial charge in [-0.05, 0) is 68.1 Å². The predicted octanol–water partition coefficient (Wildman–Crippen LogP) is 6.92. The van der Waals surface area contributed by atoms with Crippen LogP contribution in [0.4, 0.5) is 17.6 Å². The Hall–Kier alpha value is -3.19. The van der Waals surface area contributed by atoms with Gasteiger partial charge in [-0.2, -0.15) is 13.2 Å². The number of carbonyl (C=O) groups is 1. The molecule has 3 aromatic carbocycles. The van der Waals surface area contributed by atoms with E-state index in [0.29, 0.717) is 37.3 Å². The first kappa shape index (κ1) is 26.9. The Morgan fingerprint density at radius 3 is 2.30 bits per heavy atom. The average molecular weight is 513 g/mol. The summed E-state index contributed by atoms with van der Waals surface area (Å²) in [6.45, 7) is 8.17. The topological polar surface area (TPSA) is 23.6 Å². The summed E-state index contributed by atoms with van der Waals surface area (Å²) in [5.74, 6) is -0.870. The summed E-state index contributed by atoms with van der Waals surface area (Å²) < 4.78 is 53.9. The van der Waals surface area contributed by atoms with E-state index in [9.17, 15) is 22.4 Å². The highest BCUT2D eigenvalue weighted by Gasteiger charge is 2.38. The molecule has 3 nitrogen and oxygen atoms in total. The van der Waals surface area contributed by atoms with Crippen LogP contribution in [0.5, 0.6) is 0 Å². The normalized spacial score (nSPS) is 18.4. The number of rotatable bonds is 7. The van der Waals surface area contributed by atoms with Crippen LogP contribution in [-0.2, 0) is 12.7 Å². The minimum absolute atomic E-state index is 0.0688. The highest BCUT2D eigenvalue weighted by molar-refractivity contribution is 5.94. The molecule has 1 aliphatic rings. The Balaban J connectivity index is 1.62. The third kappa shape index (κ3) is 6.58. The van der Waals surface area contributed by atoms with Crippen molar-refractivity contribution in [1.29, 1.82) is 0 Å². The monoisotopic (exact) mass is 512 g/mol. The fourth-order valence-corrected chi connectivity index (χ4v) is 5.09. The number of likely N-dealkylation sites (tertiary alicyclic amines) is 1. The summed E-state index contributed by atoms with van der Waals surface area (Å²) in [5, 5.41) is 0. The number of nitrogens with zero attached hydrogens (tertiary/aromatic N) is 2. The smallest absolute Gasteiger partial charge is 0.336 e. The minimum atomic E-state index is -4.42. The van der Waals surface area contributed by atoms with E-state index in [4.69, 9.17) is 0 Å². The molecule has 0 bridgehead atoms. The summed E-state index contributed by atoms with van der Waals surface area (Å²) in [4.78, 5) is 17.4. The lowest BCUT2D eigenvalue weighted by molar-refractivity contribution is -0.137. The first-order valence-electron chi connectivity index (χ1n) is 12.5. The van der Waals surface area contributed by atoms with Crippen molar-refractivity contribution in [2.75, 3.05) is 19.6 Å². The van der Waals surface area contributed by atoms with E-state index in [2.05, 4.69) is 29.2 Å². The van der Waals surface area contributed by atoms with Crippen LogP contribution in [0, 0.1) is 18.7 Å². The molecular weight excluding hydrogens is 480 g/mol. The van der Waals surface area contributed by atoms with Gasteiger partial charge in [-0.1, -0.05) is 48.0 Å². The van der Waals surface area contributed by atoms with Crippen molar-refractivity contribution in [1.82, 2.24) is 9.80 Å². The Morgan fingerprint density at radius 1 is 1.00 bits per heavy atom. The van der Waals surface area contributed by atoms with Gasteiger partial charge in [0.05, 0.1) is 5.56 Å². The van der Waals surface area contributed by atoms with Crippen molar-refractivity contribution in [3.05, 3.63) is 106 Å². The van der Waals surface area contributed by atoms with E-state index < -0.39 is 17.6 Å². The highest BCUT2D eigenvalue weighted by atomic mass is 19.4. The number of benzene rings is 3. The van der Waals surface area contributed by atoms with Gasteiger partial charge < -0.3 is 4.90 Å². The maximum atomic E-state index is 13.5. The SMILES string of the molecule is Cc1ccc(CN2C[C@@H](CN(C(=O)c3ccc(F)cc3)C(C)C)[C@@H](c3cccc(C(F)(F)F)c3)C2)cc1. The second kappa shape index (κ2) is 11.1. The molecule has 0 aliphatic carbocycles. The van der Waals surface area contributed by atoms with Crippen LogP contribution in [0.1, 0.15) is 52.4 Å². The highest BCUT2D eigenvalue weighted by Crippen LogP contribution is 2.37. The van der Waals surface area contributed by atoms with Crippen LogP contribution in [-0.4, -0.2) is 41.4 Å². The summed E-state index contributed by atoms with van der Waals surface area (Å²) in [6, 6.07) is 19.1. The number of hydrogen-bond acceptors (Lipinski definition) is 2. The number of halogens is 4. The van der Waals surface area contributed by atoms with E-state index in [1.54, 1.807) is 11.0 Å². The van der Waals surface area contributed by atoms with Crippen molar-refractivity contribution in [3.63, 3.8) is 0 Å². The van der Waals surface area contributed by atoms with Crippen molar-refractivity contribution < 1.29 is 22.4 Å². The molecule has 1 heterocycles. The summed E-state index contributed by atoms with van der Waals surface area (Å²) in [6.07, 6.45) is -4.42. The van der Waals surface area contributed by atoms with E-state index in [1.165, 1.54) is 36.4 Å². The van der Waals surface area contributed by atoms with E-state index in [-0.39, 0.29) is 23.8 Å². The number of alkyl halides is 3. The maximum absolute atomic E-state index is 13.5. The van der Waals surface area contributed by atoms with Gasteiger partial charge in [0.25, 0.3) is 5.91 Å². The molecule has 2 atom stereocenters. The van der Waals surface area contributed by atoms with Gasteiger partial charge in [-0.25, -0.2) is 4.39 Å². The zero-order chi connectivity index (χ0) is 26.7. The Labute approximate surface area is 215 Å². The molecule has 196 valence electrons. The summed E-state index contributed by atoms with van der Waals surface area (Å²) >= 11 is 0. The molecule has 0 unspecified atom stereocenters. The second-order valence-corrected chi connectivity index (χ2v) is 10.2. The molecule has 3 aromatic rings. The number of amides is 1.